The van der Waals surface area contributed by atoms with Crippen molar-refractivity contribution in [2.75, 3.05) is 26.2 Å². The summed E-state index contributed by atoms with van der Waals surface area (Å²) in [5, 5.41) is 4.68. The number of nitrogens with zero attached hydrogens (tertiary/aromatic N) is 2. The number of hydrogen-bond donors (Lipinski definition) is 1. The molecule has 4 rings (SSSR count). The Kier molecular flexibility index (Phi) is 3.51. The highest BCUT2D eigenvalue weighted by Gasteiger charge is 2.38. The zero-order chi connectivity index (χ0) is 15.1. The molecule has 1 saturated carbocycles. The third kappa shape index (κ3) is 2.36. The molecule has 2 heterocycles. The van der Waals surface area contributed by atoms with Crippen molar-refractivity contribution in [3.8, 4) is 0 Å². The summed E-state index contributed by atoms with van der Waals surface area (Å²) in [6.07, 6.45) is 4.72. The summed E-state index contributed by atoms with van der Waals surface area (Å²) in [7, 11) is 0. The predicted molar refractivity (Wildman–Crippen MR) is 88.1 cm³/mol. The van der Waals surface area contributed by atoms with E-state index in [2.05, 4.69) is 34.6 Å². The Balaban J connectivity index is 1.82. The topological polar surface area (TPSA) is 37.3 Å². The van der Waals surface area contributed by atoms with Crippen LogP contribution in [0.4, 0.5) is 0 Å². The van der Waals surface area contributed by atoms with Crippen LogP contribution < -0.4 is 5.32 Å². The molecule has 4 heteroatoms. The van der Waals surface area contributed by atoms with E-state index in [9.17, 15) is 4.79 Å². The molecule has 2 aromatic rings. The molecule has 0 radical (unpaired) electrons. The van der Waals surface area contributed by atoms with Gasteiger partial charge in [0.25, 0.3) is 0 Å². The molecular formula is C18H23N3O. The molecule has 2 fully saturated rings. The van der Waals surface area contributed by atoms with Gasteiger partial charge in [0.1, 0.15) is 0 Å². The van der Waals surface area contributed by atoms with Crippen molar-refractivity contribution < 1.29 is 4.79 Å². The summed E-state index contributed by atoms with van der Waals surface area (Å²) < 4.78 is 1.82. The Morgan fingerprint density at radius 3 is 2.64 bits per heavy atom. The van der Waals surface area contributed by atoms with E-state index in [1.807, 2.05) is 10.6 Å². The molecule has 1 N–H and O–H groups in total. The summed E-state index contributed by atoms with van der Waals surface area (Å²) in [6, 6.07) is 8.79. The highest BCUT2D eigenvalue weighted by molar-refractivity contribution is 5.93. The monoisotopic (exact) mass is 297 g/mol. The van der Waals surface area contributed by atoms with Gasteiger partial charge in [0.2, 0.25) is 5.91 Å². The van der Waals surface area contributed by atoms with E-state index >= 15 is 0 Å². The second kappa shape index (κ2) is 5.52. The second-order valence-corrected chi connectivity index (χ2v) is 6.56. The fraction of sp³-hybridized carbons (Fsp3) is 0.500. The van der Waals surface area contributed by atoms with Gasteiger partial charge in [0, 0.05) is 50.7 Å². The molecule has 116 valence electrons. The first-order valence-corrected chi connectivity index (χ1v) is 8.31. The molecular weight excluding hydrogens is 274 g/mol. The van der Waals surface area contributed by atoms with Gasteiger partial charge in [0.15, 0.2) is 0 Å². The van der Waals surface area contributed by atoms with Gasteiger partial charge >= 0.3 is 0 Å². The number of fused-ring (bicyclic) bond motifs is 1. The van der Waals surface area contributed by atoms with Crippen LogP contribution in [0.3, 0.4) is 0 Å². The molecule has 1 atom stereocenters. The third-order valence-corrected chi connectivity index (χ3v) is 5.01. The molecule has 22 heavy (non-hydrogen) atoms. The normalized spacial score (nSPS) is 21.1. The zero-order valence-electron chi connectivity index (χ0n) is 13.1. The minimum atomic E-state index is 0.0947. The van der Waals surface area contributed by atoms with E-state index in [0.29, 0.717) is 6.04 Å². The third-order valence-electron chi connectivity index (χ3n) is 5.01. The Labute approximate surface area is 131 Å². The number of para-hydroxylation sites is 1. The molecule has 0 spiro atoms. The number of carbonyl (C=O) groups is 1. The van der Waals surface area contributed by atoms with E-state index in [0.717, 1.165) is 37.6 Å². The first-order valence-electron chi connectivity index (χ1n) is 8.31. The molecule has 0 amide bonds. The molecule has 1 aromatic heterocycles. The van der Waals surface area contributed by atoms with Crippen molar-refractivity contribution in [2.24, 2.45) is 5.92 Å². The predicted octanol–water partition coefficient (Wildman–Crippen LogP) is 2.66. The molecule has 0 bridgehead atoms. The van der Waals surface area contributed by atoms with Gasteiger partial charge in [-0.3, -0.25) is 14.3 Å². The molecule has 1 saturated heterocycles. The smallest absolute Gasteiger partial charge is 0.227 e. The maximum Gasteiger partial charge on any atom is 0.227 e. The van der Waals surface area contributed by atoms with Crippen molar-refractivity contribution in [1.29, 1.82) is 0 Å². The van der Waals surface area contributed by atoms with Crippen molar-refractivity contribution >= 4 is 16.8 Å². The van der Waals surface area contributed by atoms with Crippen LogP contribution in [-0.4, -0.2) is 41.6 Å². The standard InChI is InChI=1S/C18H23N3O/c1-13(22)21-12-16(15-4-2-3-5-17(15)21)18(14-6-7-14)20-10-8-19-9-11-20/h2-5,12,14,18-19H,6-11H2,1H3/t18-/m0/s1. The van der Waals surface area contributed by atoms with Crippen LogP contribution in [0.5, 0.6) is 0 Å². The van der Waals surface area contributed by atoms with Gasteiger partial charge in [-0.05, 0) is 30.4 Å². The maximum atomic E-state index is 12.0. The van der Waals surface area contributed by atoms with Crippen LogP contribution in [0.2, 0.25) is 0 Å². The minimum Gasteiger partial charge on any atom is -0.314 e. The van der Waals surface area contributed by atoms with Crippen molar-refractivity contribution in [2.45, 2.75) is 25.8 Å². The van der Waals surface area contributed by atoms with Crippen LogP contribution >= 0.6 is 0 Å². The summed E-state index contributed by atoms with van der Waals surface area (Å²) in [5.74, 6) is 0.849. The number of rotatable bonds is 3. The lowest BCUT2D eigenvalue weighted by Crippen LogP contribution is -2.45. The molecule has 1 aliphatic heterocycles. The van der Waals surface area contributed by atoms with Crippen LogP contribution in [-0.2, 0) is 0 Å². The first-order chi connectivity index (χ1) is 10.8. The number of piperazine rings is 1. The average molecular weight is 297 g/mol. The van der Waals surface area contributed by atoms with Gasteiger partial charge in [0.05, 0.1) is 5.52 Å². The summed E-state index contributed by atoms with van der Waals surface area (Å²) in [4.78, 5) is 14.6. The van der Waals surface area contributed by atoms with Gasteiger partial charge < -0.3 is 5.32 Å². The SMILES string of the molecule is CC(=O)n1cc([C@H](C2CC2)N2CCNCC2)c2ccccc21. The second-order valence-electron chi connectivity index (χ2n) is 6.56. The average Bonchev–Trinajstić information content (AvgIpc) is 3.30. The van der Waals surface area contributed by atoms with Crippen LogP contribution in [0.15, 0.2) is 30.5 Å². The van der Waals surface area contributed by atoms with Gasteiger partial charge in [-0.25, -0.2) is 0 Å². The summed E-state index contributed by atoms with van der Waals surface area (Å²) in [6.45, 7) is 5.97. The number of aromatic nitrogens is 1. The lowest BCUT2D eigenvalue weighted by atomic mass is 9.99. The molecule has 1 aromatic carbocycles. The Morgan fingerprint density at radius 2 is 1.95 bits per heavy atom. The van der Waals surface area contributed by atoms with E-state index in [1.54, 1.807) is 6.92 Å². The summed E-state index contributed by atoms with van der Waals surface area (Å²) >= 11 is 0. The van der Waals surface area contributed by atoms with Crippen molar-refractivity contribution in [3.05, 3.63) is 36.0 Å². The molecule has 4 nitrogen and oxygen atoms in total. The van der Waals surface area contributed by atoms with Gasteiger partial charge in [-0.2, -0.15) is 0 Å². The number of nitrogens with one attached hydrogen (secondary N) is 1. The largest absolute Gasteiger partial charge is 0.314 e. The lowest BCUT2D eigenvalue weighted by Gasteiger charge is -2.35. The Bertz CT molecular complexity index is 695. The molecule has 2 aliphatic rings. The number of carbonyl (C=O) groups excluding carboxylic acids is 1. The van der Waals surface area contributed by atoms with Crippen LogP contribution in [0.25, 0.3) is 10.9 Å². The maximum absolute atomic E-state index is 12.0. The fourth-order valence-electron chi connectivity index (χ4n) is 3.82. The number of hydrogen-bond acceptors (Lipinski definition) is 3. The fourth-order valence-corrected chi connectivity index (χ4v) is 3.82. The van der Waals surface area contributed by atoms with Crippen LogP contribution in [0, 0.1) is 5.92 Å². The van der Waals surface area contributed by atoms with E-state index in [4.69, 9.17) is 0 Å². The number of benzene rings is 1. The van der Waals surface area contributed by atoms with E-state index < -0.39 is 0 Å². The molecule has 0 unspecified atom stereocenters. The Hall–Kier alpha value is -1.65. The van der Waals surface area contributed by atoms with Crippen LogP contribution in [0.1, 0.15) is 36.2 Å². The highest BCUT2D eigenvalue weighted by atomic mass is 16.1. The molecule has 1 aliphatic carbocycles. The first kappa shape index (κ1) is 14.0. The zero-order valence-corrected chi connectivity index (χ0v) is 13.1. The van der Waals surface area contributed by atoms with Gasteiger partial charge in [-0.15, -0.1) is 0 Å². The summed E-state index contributed by atoms with van der Waals surface area (Å²) in [5.41, 5.74) is 2.39. The highest BCUT2D eigenvalue weighted by Crippen LogP contribution is 2.46. The van der Waals surface area contributed by atoms with Crippen molar-refractivity contribution in [3.63, 3.8) is 0 Å². The quantitative estimate of drug-likeness (QED) is 0.946. The van der Waals surface area contributed by atoms with E-state index in [-0.39, 0.29) is 5.91 Å². The van der Waals surface area contributed by atoms with Gasteiger partial charge in [-0.1, -0.05) is 18.2 Å². The minimum absolute atomic E-state index is 0.0947. The van der Waals surface area contributed by atoms with Crippen molar-refractivity contribution in [1.82, 2.24) is 14.8 Å². The Morgan fingerprint density at radius 1 is 1.23 bits per heavy atom. The van der Waals surface area contributed by atoms with E-state index in [1.165, 1.54) is 23.8 Å². The lowest BCUT2D eigenvalue weighted by molar-refractivity contribution is 0.0940.